The molecule has 2 aliphatic heterocycles. The molecule has 1 aromatic rings. The van der Waals surface area contributed by atoms with Gasteiger partial charge >= 0.3 is 12.1 Å². The van der Waals surface area contributed by atoms with E-state index in [0.29, 0.717) is 38.2 Å². The number of hydrogen-bond acceptors (Lipinski definition) is 8. The van der Waals surface area contributed by atoms with Crippen molar-refractivity contribution in [2.75, 3.05) is 33.3 Å². The van der Waals surface area contributed by atoms with Crippen molar-refractivity contribution in [3.8, 4) is 12.1 Å². The molecule has 3 aliphatic rings. The Hall–Kier alpha value is -2.44. The van der Waals surface area contributed by atoms with Crippen LogP contribution >= 0.6 is 0 Å². The number of piperidine rings is 1. The third-order valence-electron chi connectivity index (χ3n) is 7.63. The first-order valence-electron chi connectivity index (χ1n) is 13.5. The zero-order chi connectivity index (χ0) is 25.7. The Morgan fingerprint density at radius 2 is 2.03 bits per heavy atom. The average Bonchev–Trinajstić information content (AvgIpc) is 3.38. The molecule has 0 aromatic carbocycles. The summed E-state index contributed by atoms with van der Waals surface area (Å²) in [6.07, 6.45) is 7.47. The number of ether oxygens (including phenoxy) is 2. The predicted molar refractivity (Wildman–Crippen MR) is 137 cm³/mol. The molecule has 1 unspecified atom stereocenters. The molecule has 3 heterocycles. The number of amides is 1. The van der Waals surface area contributed by atoms with Crippen LogP contribution < -0.4 is 10.1 Å². The van der Waals surface area contributed by atoms with E-state index in [0.717, 1.165) is 37.3 Å². The second kappa shape index (κ2) is 11.7. The normalized spacial score (nSPS) is 22.8. The van der Waals surface area contributed by atoms with Crippen LogP contribution in [-0.2, 0) is 17.7 Å². The van der Waals surface area contributed by atoms with Gasteiger partial charge in [0.2, 0.25) is 0 Å². The van der Waals surface area contributed by atoms with Crippen molar-refractivity contribution in [3.63, 3.8) is 0 Å². The molecule has 2 fully saturated rings. The lowest BCUT2D eigenvalue weighted by molar-refractivity contribution is 0.00843. The fourth-order valence-corrected chi connectivity index (χ4v) is 5.73. The van der Waals surface area contributed by atoms with E-state index < -0.39 is 5.60 Å². The van der Waals surface area contributed by atoms with E-state index in [-0.39, 0.29) is 24.5 Å². The highest BCUT2D eigenvalue weighted by atomic mass is 16.6. The summed E-state index contributed by atoms with van der Waals surface area (Å²) in [6, 6.07) is 3.18. The number of nitrogens with one attached hydrogen (secondary N) is 1. The number of carbonyl (C=O) groups excluding carboxylic acids is 1. The molecule has 1 N–H and O–H groups in total. The van der Waals surface area contributed by atoms with Crippen molar-refractivity contribution in [1.29, 1.82) is 5.26 Å². The standard InChI is InChI=1S/C27H42N6O3/c1-27(2,3)36-26(34)33-14-11-19(17-21(33)9-12-28)24-22-10-13-29-18-23(22)30-25(31-24)35-16-15-32(4)20-7-5-6-8-20/h19-21,29H,5-11,13-18H2,1-4H3/t19?,21-/m0/s1. The summed E-state index contributed by atoms with van der Waals surface area (Å²) in [5, 5.41) is 12.9. The van der Waals surface area contributed by atoms with Crippen LogP contribution in [-0.4, -0.2) is 76.8 Å². The topological polar surface area (TPSA) is 104 Å². The van der Waals surface area contributed by atoms with Crippen LogP contribution in [0.4, 0.5) is 4.79 Å². The molecule has 36 heavy (non-hydrogen) atoms. The quantitative estimate of drug-likeness (QED) is 0.606. The lowest BCUT2D eigenvalue weighted by Crippen LogP contribution is -2.47. The van der Waals surface area contributed by atoms with Crippen molar-refractivity contribution in [1.82, 2.24) is 25.1 Å². The van der Waals surface area contributed by atoms with E-state index in [4.69, 9.17) is 19.4 Å². The highest BCUT2D eigenvalue weighted by Gasteiger charge is 2.37. The minimum Gasteiger partial charge on any atom is -0.462 e. The van der Waals surface area contributed by atoms with Crippen LogP contribution in [0.5, 0.6) is 6.01 Å². The number of fused-ring (bicyclic) bond motifs is 1. The maximum Gasteiger partial charge on any atom is 0.410 e. The van der Waals surface area contributed by atoms with Gasteiger partial charge in [-0.2, -0.15) is 15.2 Å². The van der Waals surface area contributed by atoms with Gasteiger partial charge in [-0.25, -0.2) is 4.79 Å². The Morgan fingerprint density at radius 3 is 2.75 bits per heavy atom. The maximum absolute atomic E-state index is 12.8. The van der Waals surface area contributed by atoms with E-state index in [2.05, 4.69) is 23.3 Å². The lowest BCUT2D eigenvalue weighted by atomic mass is 9.84. The summed E-state index contributed by atoms with van der Waals surface area (Å²) >= 11 is 0. The minimum absolute atomic E-state index is 0.153. The van der Waals surface area contributed by atoms with Crippen LogP contribution in [0.3, 0.4) is 0 Å². The van der Waals surface area contributed by atoms with Crippen molar-refractivity contribution in [2.45, 2.75) is 102 Å². The molecule has 198 valence electrons. The van der Waals surface area contributed by atoms with Crippen molar-refractivity contribution in [3.05, 3.63) is 17.0 Å². The Balaban J connectivity index is 1.48. The molecule has 9 heteroatoms. The molecule has 0 radical (unpaired) electrons. The summed E-state index contributed by atoms with van der Waals surface area (Å²) < 4.78 is 11.7. The number of rotatable bonds is 7. The van der Waals surface area contributed by atoms with Gasteiger partial charge in [-0.05, 0) is 72.0 Å². The number of carbonyl (C=O) groups is 1. The summed E-state index contributed by atoms with van der Waals surface area (Å²) in [7, 11) is 2.18. The van der Waals surface area contributed by atoms with Gasteiger partial charge < -0.3 is 24.6 Å². The summed E-state index contributed by atoms with van der Waals surface area (Å²) in [6.45, 7) is 9.17. The van der Waals surface area contributed by atoms with Crippen LogP contribution in [0.1, 0.15) is 88.6 Å². The summed E-state index contributed by atoms with van der Waals surface area (Å²) in [4.78, 5) is 26.6. The van der Waals surface area contributed by atoms with Gasteiger partial charge in [-0.1, -0.05) is 12.8 Å². The molecule has 1 amide bonds. The Labute approximate surface area is 215 Å². The third-order valence-corrected chi connectivity index (χ3v) is 7.63. The number of aromatic nitrogens is 2. The average molecular weight is 499 g/mol. The highest BCUT2D eigenvalue weighted by Crippen LogP contribution is 2.36. The molecule has 1 aromatic heterocycles. The van der Waals surface area contributed by atoms with Crippen molar-refractivity contribution in [2.24, 2.45) is 0 Å². The summed E-state index contributed by atoms with van der Waals surface area (Å²) in [5.74, 6) is 0.153. The monoisotopic (exact) mass is 498 g/mol. The summed E-state index contributed by atoms with van der Waals surface area (Å²) in [5.41, 5.74) is 2.68. The fraction of sp³-hybridized carbons (Fsp3) is 0.778. The maximum atomic E-state index is 12.8. The molecule has 1 saturated carbocycles. The van der Waals surface area contributed by atoms with E-state index >= 15 is 0 Å². The Kier molecular flexibility index (Phi) is 8.68. The van der Waals surface area contributed by atoms with Crippen molar-refractivity contribution < 1.29 is 14.3 Å². The number of hydrogen-bond donors (Lipinski definition) is 1. The SMILES string of the molecule is CN(CCOc1nc2c(c(C3CCN(C(=O)OC(C)(C)C)[C@@H](CC#N)C3)n1)CCNC2)C1CCCC1. The van der Waals surface area contributed by atoms with Crippen LogP contribution in [0.25, 0.3) is 0 Å². The van der Waals surface area contributed by atoms with E-state index in [1.54, 1.807) is 4.90 Å². The molecular weight excluding hydrogens is 456 g/mol. The lowest BCUT2D eigenvalue weighted by Gasteiger charge is -2.39. The molecule has 9 nitrogen and oxygen atoms in total. The predicted octanol–water partition coefficient (Wildman–Crippen LogP) is 3.77. The van der Waals surface area contributed by atoms with E-state index in [1.807, 2.05) is 20.8 Å². The van der Waals surface area contributed by atoms with E-state index in [9.17, 15) is 10.1 Å². The number of nitriles is 1. The van der Waals surface area contributed by atoms with Crippen LogP contribution in [0, 0.1) is 11.3 Å². The largest absolute Gasteiger partial charge is 0.462 e. The Morgan fingerprint density at radius 1 is 1.25 bits per heavy atom. The molecule has 0 spiro atoms. The third kappa shape index (κ3) is 6.65. The van der Waals surface area contributed by atoms with Gasteiger partial charge in [-0.3, -0.25) is 0 Å². The molecular formula is C27H42N6O3. The molecule has 1 aliphatic carbocycles. The first kappa shape index (κ1) is 26.6. The minimum atomic E-state index is -0.568. The zero-order valence-corrected chi connectivity index (χ0v) is 22.4. The fourth-order valence-electron chi connectivity index (χ4n) is 5.73. The first-order valence-corrected chi connectivity index (χ1v) is 13.5. The molecule has 2 atom stereocenters. The van der Waals surface area contributed by atoms with Gasteiger partial charge in [0, 0.05) is 37.6 Å². The van der Waals surface area contributed by atoms with Gasteiger partial charge in [0.25, 0.3) is 0 Å². The van der Waals surface area contributed by atoms with Gasteiger partial charge in [0.15, 0.2) is 0 Å². The molecule has 0 bridgehead atoms. The number of likely N-dealkylation sites (tertiary alicyclic amines) is 1. The van der Waals surface area contributed by atoms with Gasteiger partial charge in [0.1, 0.15) is 12.2 Å². The number of likely N-dealkylation sites (N-methyl/N-ethyl adjacent to an activating group) is 1. The second-order valence-electron chi connectivity index (χ2n) is 11.4. The van der Waals surface area contributed by atoms with Crippen LogP contribution in [0.2, 0.25) is 0 Å². The highest BCUT2D eigenvalue weighted by molar-refractivity contribution is 5.68. The Bertz CT molecular complexity index is 950. The second-order valence-corrected chi connectivity index (χ2v) is 11.4. The molecule has 4 rings (SSSR count). The first-order chi connectivity index (χ1) is 17.2. The zero-order valence-electron chi connectivity index (χ0n) is 22.4. The molecule has 1 saturated heterocycles. The van der Waals surface area contributed by atoms with Crippen LogP contribution in [0.15, 0.2) is 0 Å². The smallest absolute Gasteiger partial charge is 0.410 e. The van der Waals surface area contributed by atoms with E-state index in [1.165, 1.54) is 31.2 Å². The van der Waals surface area contributed by atoms with Gasteiger partial charge in [0.05, 0.1) is 23.9 Å². The van der Waals surface area contributed by atoms with Crippen molar-refractivity contribution >= 4 is 6.09 Å². The number of nitrogens with zero attached hydrogens (tertiary/aromatic N) is 5. The van der Waals surface area contributed by atoms with Gasteiger partial charge in [-0.15, -0.1) is 0 Å².